The molecule has 0 radical (unpaired) electrons. The molecule has 0 spiro atoms. The fraction of sp³-hybridized carbons (Fsp3) is 0.400. The maximum absolute atomic E-state index is 6.13. The molecular formula is C15H20ClN3O. The van der Waals surface area contributed by atoms with Gasteiger partial charge in [0, 0.05) is 25.9 Å². The van der Waals surface area contributed by atoms with Crippen LogP contribution < -0.4 is 4.74 Å². The minimum absolute atomic E-state index is 0.131. The minimum Gasteiger partial charge on any atom is -0.491 e. The molecule has 4 nitrogen and oxygen atoms in total. The van der Waals surface area contributed by atoms with Gasteiger partial charge in [0.05, 0.1) is 0 Å². The Bertz CT molecular complexity index is 554. The minimum atomic E-state index is -0.131. The van der Waals surface area contributed by atoms with E-state index in [2.05, 4.69) is 11.1 Å². The average molecular weight is 294 g/mol. The predicted molar refractivity (Wildman–Crippen MR) is 81.3 cm³/mol. The quantitative estimate of drug-likeness (QED) is 0.606. The Kier molecular flexibility index (Phi) is 5.04. The van der Waals surface area contributed by atoms with Crippen molar-refractivity contribution in [2.75, 3.05) is 20.7 Å². The van der Waals surface area contributed by atoms with E-state index in [1.165, 1.54) is 5.56 Å². The van der Waals surface area contributed by atoms with E-state index in [1.54, 1.807) is 0 Å². The lowest BCUT2D eigenvalue weighted by Crippen LogP contribution is -2.28. The van der Waals surface area contributed by atoms with Crippen LogP contribution in [0.1, 0.15) is 11.4 Å². The van der Waals surface area contributed by atoms with Crippen LogP contribution in [0.5, 0.6) is 5.75 Å². The van der Waals surface area contributed by atoms with Crippen molar-refractivity contribution in [1.82, 2.24) is 14.5 Å². The molecule has 0 fully saturated rings. The van der Waals surface area contributed by atoms with E-state index in [0.717, 1.165) is 18.0 Å². The highest BCUT2D eigenvalue weighted by Gasteiger charge is 2.08. The van der Waals surface area contributed by atoms with Crippen molar-refractivity contribution in [2.45, 2.75) is 11.9 Å². The van der Waals surface area contributed by atoms with Crippen molar-refractivity contribution in [2.24, 2.45) is 7.05 Å². The highest BCUT2D eigenvalue weighted by atomic mass is 35.5. The maximum Gasteiger partial charge on any atom is 0.119 e. The summed E-state index contributed by atoms with van der Waals surface area (Å²) in [6.07, 6.45) is 4.55. The third-order valence-electron chi connectivity index (χ3n) is 3.13. The van der Waals surface area contributed by atoms with Crippen molar-refractivity contribution in [1.29, 1.82) is 0 Å². The summed E-state index contributed by atoms with van der Waals surface area (Å²) < 4.78 is 7.74. The number of ether oxygens (including phenoxy) is 1. The Hall–Kier alpha value is -1.52. The number of halogens is 1. The molecule has 0 aliphatic rings. The Labute approximate surface area is 124 Å². The number of likely N-dealkylation sites (N-methyl/N-ethyl adjacent to an activating group) is 1. The van der Waals surface area contributed by atoms with Gasteiger partial charge in [-0.1, -0.05) is 12.1 Å². The van der Waals surface area contributed by atoms with Crippen LogP contribution in [0.25, 0.3) is 0 Å². The number of rotatable bonds is 6. The third kappa shape index (κ3) is 3.99. The van der Waals surface area contributed by atoms with E-state index < -0.39 is 0 Å². The number of hydrogen-bond acceptors (Lipinski definition) is 3. The smallest absolute Gasteiger partial charge is 0.119 e. The molecule has 1 aromatic heterocycles. The number of aromatic nitrogens is 2. The molecule has 20 heavy (non-hydrogen) atoms. The number of nitrogens with zero attached hydrogens (tertiary/aromatic N) is 3. The molecule has 1 unspecified atom stereocenters. The summed E-state index contributed by atoms with van der Waals surface area (Å²) in [4.78, 5) is 6.25. The highest BCUT2D eigenvalue weighted by molar-refractivity contribution is 6.20. The number of benzene rings is 1. The first-order chi connectivity index (χ1) is 9.56. The molecule has 1 aromatic carbocycles. The fourth-order valence-corrected chi connectivity index (χ4v) is 1.87. The van der Waals surface area contributed by atoms with Crippen LogP contribution in [0.2, 0.25) is 0 Å². The van der Waals surface area contributed by atoms with Crippen LogP contribution in [0.3, 0.4) is 0 Å². The van der Waals surface area contributed by atoms with Gasteiger partial charge in [-0.15, -0.1) is 11.6 Å². The molecule has 0 bridgehead atoms. The summed E-state index contributed by atoms with van der Waals surface area (Å²) >= 11 is 6.13. The standard InChI is InChI=1S/C15H20ClN3O/c1-18(2)14(16)11-20-13-6-4-5-12(9-13)10-15-17-7-8-19(15)3/h4-9,14H,10-11H2,1-3H3. The average Bonchev–Trinajstić information content (AvgIpc) is 2.82. The molecule has 0 saturated heterocycles. The third-order valence-corrected chi connectivity index (χ3v) is 3.65. The van der Waals surface area contributed by atoms with Gasteiger partial charge >= 0.3 is 0 Å². The molecular weight excluding hydrogens is 274 g/mol. The largest absolute Gasteiger partial charge is 0.491 e. The first-order valence-electron chi connectivity index (χ1n) is 6.54. The van der Waals surface area contributed by atoms with Gasteiger partial charge < -0.3 is 9.30 Å². The lowest BCUT2D eigenvalue weighted by Gasteiger charge is -2.18. The summed E-state index contributed by atoms with van der Waals surface area (Å²) in [5, 5.41) is 0. The molecule has 1 atom stereocenters. The number of alkyl halides is 1. The van der Waals surface area contributed by atoms with E-state index in [9.17, 15) is 0 Å². The summed E-state index contributed by atoms with van der Waals surface area (Å²) in [5.74, 6) is 1.87. The Balaban J connectivity index is 1.99. The van der Waals surface area contributed by atoms with Crippen molar-refractivity contribution < 1.29 is 4.74 Å². The SMILES string of the molecule is CN(C)C(Cl)COc1cccc(Cc2nccn2C)c1. The van der Waals surface area contributed by atoms with E-state index in [-0.39, 0.29) is 5.50 Å². The topological polar surface area (TPSA) is 30.3 Å². The van der Waals surface area contributed by atoms with Gasteiger partial charge in [-0.05, 0) is 31.8 Å². The van der Waals surface area contributed by atoms with Gasteiger partial charge in [0.2, 0.25) is 0 Å². The second-order valence-corrected chi connectivity index (χ2v) is 5.49. The second kappa shape index (κ2) is 6.77. The molecule has 0 aliphatic carbocycles. The van der Waals surface area contributed by atoms with E-state index in [0.29, 0.717) is 6.61 Å². The molecule has 0 amide bonds. The second-order valence-electron chi connectivity index (χ2n) is 4.99. The van der Waals surface area contributed by atoms with Crippen LogP contribution in [0, 0.1) is 0 Å². The van der Waals surface area contributed by atoms with Crippen LogP contribution >= 0.6 is 11.6 Å². The Morgan fingerprint density at radius 1 is 1.40 bits per heavy atom. The van der Waals surface area contributed by atoms with Gasteiger partial charge in [0.15, 0.2) is 0 Å². The maximum atomic E-state index is 6.13. The molecule has 0 aliphatic heterocycles. The van der Waals surface area contributed by atoms with Gasteiger partial charge in [0.1, 0.15) is 23.7 Å². The van der Waals surface area contributed by atoms with Crippen LogP contribution in [-0.2, 0) is 13.5 Å². The first-order valence-corrected chi connectivity index (χ1v) is 6.98. The molecule has 2 aromatic rings. The van der Waals surface area contributed by atoms with Crippen molar-refractivity contribution in [3.8, 4) is 5.75 Å². The molecule has 1 heterocycles. The summed E-state index contributed by atoms with van der Waals surface area (Å²) in [6.45, 7) is 0.459. The summed E-state index contributed by atoms with van der Waals surface area (Å²) in [5.41, 5.74) is 1.04. The van der Waals surface area contributed by atoms with E-state index in [1.807, 2.05) is 61.2 Å². The fourth-order valence-electron chi connectivity index (χ4n) is 1.81. The Morgan fingerprint density at radius 2 is 2.20 bits per heavy atom. The monoisotopic (exact) mass is 293 g/mol. The lowest BCUT2D eigenvalue weighted by atomic mass is 10.1. The number of hydrogen-bond donors (Lipinski definition) is 0. The van der Waals surface area contributed by atoms with Gasteiger partial charge in [0.25, 0.3) is 0 Å². The van der Waals surface area contributed by atoms with Crippen LogP contribution in [0.4, 0.5) is 0 Å². The first kappa shape index (κ1) is 14.9. The molecule has 0 saturated carbocycles. The van der Waals surface area contributed by atoms with Crippen LogP contribution in [-0.4, -0.2) is 40.7 Å². The van der Waals surface area contributed by atoms with Crippen molar-refractivity contribution in [3.05, 3.63) is 48.0 Å². The zero-order valence-corrected chi connectivity index (χ0v) is 12.8. The lowest BCUT2D eigenvalue weighted by molar-refractivity contribution is 0.237. The Morgan fingerprint density at radius 3 is 2.85 bits per heavy atom. The molecule has 108 valence electrons. The van der Waals surface area contributed by atoms with Crippen molar-refractivity contribution >= 4 is 11.6 Å². The zero-order valence-electron chi connectivity index (χ0n) is 12.1. The predicted octanol–water partition coefficient (Wildman–Crippen LogP) is 2.52. The molecule has 0 N–H and O–H groups in total. The number of aryl methyl sites for hydroxylation is 1. The summed E-state index contributed by atoms with van der Waals surface area (Å²) in [6, 6.07) is 8.05. The van der Waals surface area contributed by atoms with Crippen molar-refractivity contribution in [3.63, 3.8) is 0 Å². The van der Waals surface area contributed by atoms with Gasteiger partial charge in [-0.2, -0.15) is 0 Å². The van der Waals surface area contributed by atoms with Crippen LogP contribution in [0.15, 0.2) is 36.7 Å². The number of imidazole rings is 1. The van der Waals surface area contributed by atoms with E-state index >= 15 is 0 Å². The van der Waals surface area contributed by atoms with Gasteiger partial charge in [-0.25, -0.2) is 4.98 Å². The zero-order chi connectivity index (χ0) is 14.5. The highest BCUT2D eigenvalue weighted by Crippen LogP contribution is 2.16. The normalized spacial score (nSPS) is 12.7. The van der Waals surface area contributed by atoms with E-state index in [4.69, 9.17) is 16.3 Å². The van der Waals surface area contributed by atoms with Gasteiger partial charge in [-0.3, -0.25) is 4.90 Å². The molecule has 5 heteroatoms. The summed E-state index contributed by atoms with van der Waals surface area (Å²) in [7, 11) is 5.86. The molecule has 2 rings (SSSR count).